The van der Waals surface area contributed by atoms with Gasteiger partial charge in [-0.25, -0.2) is 4.79 Å². The van der Waals surface area contributed by atoms with Gasteiger partial charge in [0, 0.05) is 12.0 Å². The number of ketones is 1. The van der Waals surface area contributed by atoms with Crippen molar-refractivity contribution >= 4 is 23.1 Å². The van der Waals surface area contributed by atoms with Crippen LogP contribution in [0.3, 0.4) is 0 Å². The molecule has 0 atom stereocenters. The molecule has 0 radical (unpaired) electrons. The van der Waals surface area contributed by atoms with Crippen molar-refractivity contribution in [2.75, 3.05) is 7.11 Å². The van der Waals surface area contributed by atoms with E-state index in [0.717, 1.165) is 0 Å². The highest BCUT2D eigenvalue weighted by atomic mass is 32.1. The van der Waals surface area contributed by atoms with Gasteiger partial charge >= 0.3 is 5.97 Å². The molecule has 0 amide bonds. The molecule has 0 spiro atoms. The van der Waals surface area contributed by atoms with Crippen LogP contribution in [0.4, 0.5) is 0 Å². The van der Waals surface area contributed by atoms with Gasteiger partial charge in [0.1, 0.15) is 0 Å². The number of thiophene rings is 1. The molecule has 1 aromatic heterocycles. The van der Waals surface area contributed by atoms with E-state index in [9.17, 15) is 9.59 Å². The van der Waals surface area contributed by atoms with Gasteiger partial charge in [0.05, 0.1) is 12.0 Å². The standard InChI is InChI=1S/C10H10O3S/c1-7(10(12)13-2)6-8(11)9-4-3-5-14-9/h3-5H,1,6H2,2H3. The van der Waals surface area contributed by atoms with Crippen LogP contribution in [0.2, 0.25) is 0 Å². The van der Waals surface area contributed by atoms with Crippen molar-refractivity contribution < 1.29 is 14.3 Å². The maximum atomic E-state index is 11.5. The van der Waals surface area contributed by atoms with Crippen LogP contribution in [0.15, 0.2) is 29.7 Å². The van der Waals surface area contributed by atoms with E-state index in [1.54, 1.807) is 12.1 Å². The number of rotatable bonds is 4. The first-order valence-electron chi connectivity index (χ1n) is 3.98. The van der Waals surface area contributed by atoms with E-state index in [2.05, 4.69) is 11.3 Å². The van der Waals surface area contributed by atoms with Gasteiger partial charge in [-0.3, -0.25) is 4.79 Å². The molecule has 0 aliphatic rings. The lowest BCUT2D eigenvalue weighted by Gasteiger charge is -2.00. The fourth-order valence-electron chi connectivity index (χ4n) is 0.935. The van der Waals surface area contributed by atoms with Gasteiger partial charge in [-0.15, -0.1) is 11.3 Å². The fourth-order valence-corrected chi connectivity index (χ4v) is 1.60. The summed E-state index contributed by atoms with van der Waals surface area (Å²) in [7, 11) is 1.27. The number of carbonyl (C=O) groups excluding carboxylic acids is 2. The van der Waals surface area contributed by atoms with Crippen molar-refractivity contribution in [3.8, 4) is 0 Å². The van der Waals surface area contributed by atoms with E-state index in [4.69, 9.17) is 0 Å². The Kier molecular flexibility index (Phi) is 3.59. The van der Waals surface area contributed by atoms with Gasteiger partial charge in [0.2, 0.25) is 0 Å². The highest BCUT2D eigenvalue weighted by Gasteiger charge is 2.13. The van der Waals surface area contributed by atoms with Gasteiger partial charge in [-0.2, -0.15) is 0 Å². The normalized spacial score (nSPS) is 9.50. The van der Waals surface area contributed by atoms with E-state index in [0.29, 0.717) is 4.88 Å². The van der Waals surface area contributed by atoms with Crippen molar-refractivity contribution in [2.45, 2.75) is 6.42 Å². The van der Waals surface area contributed by atoms with Gasteiger partial charge in [0.15, 0.2) is 5.78 Å². The Labute approximate surface area is 86.0 Å². The highest BCUT2D eigenvalue weighted by Crippen LogP contribution is 2.14. The van der Waals surface area contributed by atoms with Crippen LogP contribution in [0.25, 0.3) is 0 Å². The minimum Gasteiger partial charge on any atom is -0.466 e. The number of Topliss-reactive ketones (excluding diaryl/α,β-unsaturated/α-hetero) is 1. The molecular formula is C10H10O3S. The molecule has 1 heterocycles. The van der Waals surface area contributed by atoms with Crippen LogP contribution in [-0.4, -0.2) is 18.9 Å². The summed E-state index contributed by atoms with van der Waals surface area (Å²) >= 11 is 1.35. The average molecular weight is 210 g/mol. The number of ether oxygens (including phenoxy) is 1. The Morgan fingerprint density at radius 1 is 1.57 bits per heavy atom. The fraction of sp³-hybridized carbons (Fsp3) is 0.200. The molecule has 0 aliphatic carbocycles. The topological polar surface area (TPSA) is 43.4 Å². The van der Waals surface area contributed by atoms with E-state index >= 15 is 0 Å². The van der Waals surface area contributed by atoms with E-state index in [1.165, 1.54) is 18.4 Å². The van der Waals surface area contributed by atoms with Crippen LogP contribution < -0.4 is 0 Å². The van der Waals surface area contributed by atoms with Gasteiger partial charge in [-0.05, 0) is 11.4 Å². The predicted octanol–water partition coefficient (Wildman–Crippen LogP) is 2.05. The van der Waals surface area contributed by atoms with Crippen molar-refractivity contribution in [1.82, 2.24) is 0 Å². The first-order valence-corrected chi connectivity index (χ1v) is 4.86. The van der Waals surface area contributed by atoms with Crippen molar-refractivity contribution in [3.63, 3.8) is 0 Å². The Bertz CT molecular complexity index is 351. The molecule has 1 aromatic rings. The first kappa shape index (κ1) is 10.7. The quantitative estimate of drug-likeness (QED) is 0.434. The summed E-state index contributed by atoms with van der Waals surface area (Å²) in [5.74, 6) is -0.634. The van der Waals surface area contributed by atoms with Gasteiger partial charge in [0.25, 0.3) is 0 Å². The van der Waals surface area contributed by atoms with Crippen LogP contribution >= 0.6 is 11.3 Å². The summed E-state index contributed by atoms with van der Waals surface area (Å²) in [6.45, 7) is 3.48. The Morgan fingerprint density at radius 3 is 2.79 bits per heavy atom. The van der Waals surface area contributed by atoms with Crippen LogP contribution in [0.1, 0.15) is 16.1 Å². The lowest BCUT2D eigenvalue weighted by Crippen LogP contribution is -2.08. The van der Waals surface area contributed by atoms with Crippen LogP contribution in [0, 0.1) is 0 Å². The molecule has 1 rings (SSSR count). The van der Waals surface area contributed by atoms with E-state index in [-0.39, 0.29) is 17.8 Å². The third kappa shape index (κ3) is 2.53. The summed E-state index contributed by atoms with van der Waals surface area (Å²) in [5, 5.41) is 1.81. The molecule has 4 heteroatoms. The summed E-state index contributed by atoms with van der Waals surface area (Å²) in [6.07, 6.45) is 0.0210. The third-order valence-corrected chi connectivity index (χ3v) is 2.55. The highest BCUT2D eigenvalue weighted by molar-refractivity contribution is 7.12. The number of hydrogen-bond acceptors (Lipinski definition) is 4. The first-order chi connectivity index (χ1) is 6.65. The minimum atomic E-state index is -0.532. The van der Waals surface area contributed by atoms with Crippen molar-refractivity contribution in [1.29, 1.82) is 0 Å². The van der Waals surface area contributed by atoms with Crippen LogP contribution in [-0.2, 0) is 9.53 Å². The van der Waals surface area contributed by atoms with E-state index in [1.807, 2.05) is 5.38 Å². The molecular weight excluding hydrogens is 200 g/mol. The molecule has 0 saturated carbocycles. The third-order valence-electron chi connectivity index (χ3n) is 1.64. The average Bonchev–Trinajstić information content (AvgIpc) is 2.69. The van der Waals surface area contributed by atoms with Gasteiger partial charge < -0.3 is 4.74 Å². The number of hydrogen-bond donors (Lipinski definition) is 0. The number of carbonyl (C=O) groups is 2. The predicted molar refractivity (Wildman–Crippen MR) is 54.4 cm³/mol. The second-order valence-corrected chi connectivity index (χ2v) is 3.62. The summed E-state index contributed by atoms with van der Waals surface area (Å²) in [6, 6.07) is 3.51. The SMILES string of the molecule is C=C(CC(=O)c1cccs1)C(=O)OC. The molecule has 0 unspecified atom stereocenters. The molecule has 0 N–H and O–H groups in total. The Morgan fingerprint density at radius 2 is 2.29 bits per heavy atom. The Hall–Kier alpha value is -1.42. The molecule has 74 valence electrons. The zero-order valence-electron chi connectivity index (χ0n) is 7.78. The van der Waals surface area contributed by atoms with Gasteiger partial charge in [-0.1, -0.05) is 12.6 Å². The molecule has 0 bridgehead atoms. The second-order valence-electron chi connectivity index (χ2n) is 2.67. The Balaban J connectivity index is 2.58. The number of methoxy groups -OCH3 is 1. The summed E-state index contributed by atoms with van der Waals surface area (Å²) in [4.78, 5) is 23.1. The van der Waals surface area contributed by atoms with Crippen molar-refractivity contribution in [2.24, 2.45) is 0 Å². The van der Waals surface area contributed by atoms with E-state index < -0.39 is 5.97 Å². The van der Waals surface area contributed by atoms with Crippen LogP contribution in [0.5, 0.6) is 0 Å². The second kappa shape index (κ2) is 4.72. The maximum Gasteiger partial charge on any atom is 0.333 e. The molecule has 0 fully saturated rings. The zero-order chi connectivity index (χ0) is 10.6. The largest absolute Gasteiger partial charge is 0.466 e. The molecule has 3 nitrogen and oxygen atoms in total. The monoisotopic (exact) mass is 210 g/mol. The molecule has 0 aliphatic heterocycles. The molecule has 0 saturated heterocycles. The van der Waals surface area contributed by atoms with Crippen molar-refractivity contribution in [3.05, 3.63) is 34.5 Å². The lowest BCUT2D eigenvalue weighted by molar-refractivity contribution is -0.136. The molecule has 0 aromatic carbocycles. The molecule has 14 heavy (non-hydrogen) atoms. The minimum absolute atomic E-state index is 0.0210. The lowest BCUT2D eigenvalue weighted by atomic mass is 10.1. The number of esters is 1. The summed E-state index contributed by atoms with van der Waals surface area (Å²) < 4.78 is 4.44. The summed E-state index contributed by atoms with van der Waals surface area (Å²) in [5.41, 5.74) is 0.186. The maximum absolute atomic E-state index is 11.5. The zero-order valence-corrected chi connectivity index (χ0v) is 8.60. The smallest absolute Gasteiger partial charge is 0.333 e.